The average Bonchev–Trinajstić information content (AvgIpc) is 2.32. The molecule has 4 heteroatoms. The normalized spacial score (nSPS) is 39.1. The number of hydrogen-bond acceptors (Lipinski definition) is 3. The summed E-state index contributed by atoms with van der Waals surface area (Å²) < 4.78 is 12.1. The summed E-state index contributed by atoms with van der Waals surface area (Å²) in [5.74, 6) is -0.0493. The molecule has 3 rings (SSSR count). The molecule has 3 fully saturated rings. The average molecular weight is 324 g/mol. The summed E-state index contributed by atoms with van der Waals surface area (Å²) in [5, 5.41) is 0. The Morgan fingerprint density at radius 2 is 2.07 bits per heavy atom. The zero-order chi connectivity index (χ0) is 10.9. The molecule has 2 aliphatic heterocycles. The number of rotatable bonds is 3. The largest absolute Gasteiger partial charge is 0.465 e. The first-order chi connectivity index (χ1) is 7.16. The van der Waals surface area contributed by atoms with Crippen molar-refractivity contribution in [2.24, 2.45) is 5.41 Å². The van der Waals surface area contributed by atoms with E-state index in [0.717, 1.165) is 30.1 Å². The van der Waals surface area contributed by atoms with Crippen molar-refractivity contribution in [1.82, 2.24) is 0 Å². The van der Waals surface area contributed by atoms with Crippen molar-refractivity contribution in [1.29, 1.82) is 0 Å². The van der Waals surface area contributed by atoms with Gasteiger partial charge < -0.3 is 9.47 Å². The number of halogens is 1. The van der Waals surface area contributed by atoms with Crippen LogP contribution >= 0.6 is 22.6 Å². The standard InChI is InChI=1S/C11H17IO3/c1-2-14-9(13)10-3-5-11(7-12,6-4-10)15-8-10/h2-8H2,1H3. The fraction of sp³-hybridized carbons (Fsp3) is 0.909. The van der Waals surface area contributed by atoms with E-state index < -0.39 is 0 Å². The molecule has 0 radical (unpaired) electrons. The Hall–Kier alpha value is 0.160. The SMILES string of the molecule is CCOC(=O)C12CCC(CI)(CC1)OC2. The topological polar surface area (TPSA) is 35.5 Å². The summed E-state index contributed by atoms with van der Waals surface area (Å²) in [5.41, 5.74) is -0.252. The minimum Gasteiger partial charge on any atom is -0.465 e. The van der Waals surface area contributed by atoms with E-state index in [-0.39, 0.29) is 17.0 Å². The number of alkyl halides is 1. The lowest BCUT2D eigenvalue weighted by molar-refractivity contribution is -0.198. The van der Waals surface area contributed by atoms with Crippen LogP contribution in [0, 0.1) is 5.41 Å². The van der Waals surface area contributed by atoms with Gasteiger partial charge in [0.2, 0.25) is 0 Å². The van der Waals surface area contributed by atoms with Crippen molar-refractivity contribution in [3.8, 4) is 0 Å². The van der Waals surface area contributed by atoms with Gasteiger partial charge in [0.1, 0.15) is 0 Å². The van der Waals surface area contributed by atoms with Crippen LogP contribution in [0.2, 0.25) is 0 Å². The highest BCUT2D eigenvalue weighted by atomic mass is 127. The van der Waals surface area contributed by atoms with Gasteiger partial charge in [0.25, 0.3) is 0 Å². The van der Waals surface area contributed by atoms with E-state index in [4.69, 9.17) is 9.47 Å². The van der Waals surface area contributed by atoms with Crippen LogP contribution in [-0.2, 0) is 14.3 Å². The lowest BCUT2D eigenvalue weighted by atomic mass is 9.66. The maximum atomic E-state index is 11.9. The monoisotopic (exact) mass is 324 g/mol. The molecule has 0 aromatic heterocycles. The van der Waals surface area contributed by atoms with Crippen molar-refractivity contribution in [2.75, 3.05) is 17.6 Å². The number of carbonyl (C=O) groups is 1. The molecule has 0 N–H and O–H groups in total. The fourth-order valence-electron chi connectivity index (χ4n) is 2.48. The summed E-state index contributed by atoms with van der Waals surface area (Å²) in [6.07, 6.45) is 3.90. The second-order valence-corrected chi connectivity index (χ2v) is 5.37. The molecule has 1 saturated carbocycles. The van der Waals surface area contributed by atoms with E-state index >= 15 is 0 Å². The second-order valence-electron chi connectivity index (χ2n) is 4.61. The van der Waals surface area contributed by atoms with Crippen LogP contribution in [0.15, 0.2) is 0 Å². The van der Waals surface area contributed by atoms with Gasteiger partial charge in [0.05, 0.1) is 24.2 Å². The van der Waals surface area contributed by atoms with Crippen molar-refractivity contribution in [3.63, 3.8) is 0 Å². The molecule has 2 heterocycles. The molecule has 0 aromatic carbocycles. The Balaban J connectivity index is 2.06. The lowest BCUT2D eigenvalue weighted by Gasteiger charge is -2.50. The Bertz CT molecular complexity index is 240. The van der Waals surface area contributed by atoms with Gasteiger partial charge >= 0.3 is 5.97 Å². The number of hydrogen-bond donors (Lipinski definition) is 0. The number of carbonyl (C=O) groups excluding carboxylic acids is 1. The van der Waals surface area contributed by atoms with Gasteiger partial charge in [-0.05, 0) is 32.6 Å². The first-order valence-electron chi connectivity index (χ1n) is 5.54. The molecule has 1 aliphatic carbocycles. The zero-order valence-electron chi connectivity index (χ0n) is 9.05. The highest BCUT2D eigenvalue weighted by molar-refractivity contribution is 14.1. The molecule has 0 amide bonds. The van der Waals surface area contributed by atoms with Crippen LogP contribution in [0.3, 0.4) is 0 Å². The Kier molecular flexibility index (Phi) is 3.26. The molecular weight excluding hydrogens is 307 g/mol. The molecule has 0 atom stereocenters. The van der Waals surface area contributed by atoms with E-state index in [9.17, 15) is 4.79 Å². The molecule has 86 valence electrons. The van der Waals surface area contributed by atoms with Crippen LogP contribution in [0.4, 0.5) is 0 Å². The molecule has 15 heavy (non-hydrogen) atoms. The highest BCUT2D eigenvalue weighted by Crippen LogP contribution is 2.50. The van der Waals surface area contributed by atoms with Crippen LogP contribution in [-0.4, -0.2) is 29.2 Å². The Morgan fingerprint density at radius 1 is 1.40 bits per heavy atom. The predicted molar refractivity (Wildman–Crippen MR) is 65.1 cm³/mol. The maximum absolute atomic E-state index is 11.9. The van der Waals surface area contributed by atoms with Gasteiger partial charge in [0.15, 0.2) is 0 Å². The van der Waals surface area contributed by atoms with E-state index in [1.807, 2.05) is 6.92 Å². The Labute approximate surface area is 104 Å². The number of ether oxygens (including phenoxy) is 2. The van der Waals surface area contributed by atoms with Gasteiger partial charge in [0, 0.05) is 4.43 Å². The number of esters is 1. The minimum absolute atomic E-state index is 0.0493. The van der Waals surface area contributed by atoms with Gasteiger partial charge in [-0.25, -0.2) is 0 Å². The van der Waals surface area contributed by atoms with Crippen LogP contribution in [0.25, 0.3) is 0 Å². The van der Waals surface area contributed by atoms with Crippen molar-refractivity contribution in [2.45, 2.75) is 38.2 Å². The summed E-state index contributed by atoms with van der Waals surface area (Å²) in [7, 11) is 0. The smallest absolute Gasteiger partial charge is 0.314 e. The molecule has 0 unspecified atom stereocenters. The summed E-state index contributed by atoms with van der Waals surface area (Å²) in [6, 6.07) is 0. The molecule has 0 aromatic rings. The van der Waals surface area contributed by atoms with Gasteiger partial charge in [-0.1, -0.05) is 22.6 Å². The third kappa shape index (κ3) is 1.90. The number of fused-ring (bicyclic) bond motifs is 3. The van der Waals surface area contributed by atoms with Crippen LogP contribution in [0.5, 0.6) is 0 Å². The molecule has 0 spiro atoms. The van der Waals surface area contributed by atoms with Crippen LogP contribution < -0.4 is 0 Å². The predicted octanol–water partition coefficient (Wildman–Crippen LogP) is 2.31. The summed E-state index contributed by atoms with van der Waals surface area (Å²) in [6.45, 7) is 2.89. The van der Waals surface area contributed by atoms with Crippen molar-refractivity contribution >= 4 is 28.6 Å². The second kappa shape index (κ2) is 4.20. The Morgan fingerprint density at radius 3 is 2.47 bits per heavy atom. The molecule has 3 aliphatic rings. The quantitative estimate of drug-likeness (QED) is 0.454. The van der Waals surface area contributed by atoms with E-state index in [1.165, 1.54) is 0 Å². The van der Waals surface area contributed by atoms with Gasteiger partial charge in [-0.3, -0.25) is 4.79 Å². The first-order valence-corrected chi connectivity index (χ1v) is 7.06. The zero-order valence-corrected chi connectivity index (χ0v) is 11.2. The third-order valence-electron chi connectivity index (χ3n) is 3.72. The van der Waals surface area contributed by atoms with Crippen molar-refractivity contribution < 1.29 is 14.3 Å². The van der Waals surface area contributed by atoms with E-state index in [2.05, 4.69) is 22.6 Å². The summed E-state index contributed by atoms with van der Waals surface area (Å²) >= 11 is 2.38. The van der Waals surface area contributed by atoms with Gasteiger partial charge in [-0.2, -0.15) is 0 Å². The van der Waals surface area contributed by atoms with Crippen LogP contribution in [0.1, 0.15) is 32.6 Å². The first kappa shape index (κ1) is 11.6. The van der Waals surface area contributed by atoms with E-state index in [1.54, 1.807) is 0 Å². The van der Waals surface area contributed by atoms with Crippen molar-refractivity contribution in [3.05, 3.63) is 0 Å². The highest BCUT2D eigenvalue weighted by Gasteiger charge is 2.53. The third-order valence-corrected chi connectivity index (χ3v) is 5.12. The fourth-order valence-corrected chi connectivity index (χ4v) is 3.47. The lowest BCUT2D eigenvalue weighted by Crippen LogP contribution is -2.55. The minimum atomic E-state index is -0.316. The molecule has 3 nitrogen and oxygen atoms in total. The van der Waals surface area contributed by atoms with E-state index in [0.29, 0.717) is 13.2 Å². The molecule has 2 bridgehead atoms. The summed E-state index contributed by atoms with van der Waals surface area (Å²) in [4.78, 5) is 11.9. The molecular formula is C11H17IO3. The molecule has 2 saturated heterocycles. The van der Waals surface area contributed by atoms with Gasteiger partial charge in [-0.15, -0.1) is 0 Å². The maximum Gasteiger partial charge on any atom is 0.314 e.